The van der Waals surface area contributed by atoms with Crippen molar-refractivity contribution in [3.63, 3.8) is 0 Å². The summed E-state index contributed by atoms with van der Waals surface area (Å²) in [7, 11) is -0.434. The van der Waals surface area contributed by atoms with Gasteiger partial charge in [0.2, 0.25) is 21.7 Å². The number of benzene rings is 2. The van der Waals surface area contributed by atoms with E-state index in [0.29, 0.717) is 30.2 Å². The van der Waals surface area contributed by atoms with Gasteiger partial charge in [0.15, 0.2) is 11.5 Å². The van der Waals surface area contributed by atoms with Crippen LogP contribution in [-0.4, -0.2) is 53.5 Å². The van der Waals surface area contributed by atoms with E-state index >= 15 is 0 Å². The van der Waals surface area contributed by atoms with Crippen LogP contribution in [0.15, 0.2) is 40.9 Å². The van der Waals surface area contributed by atoms with Crippen molar-refractivity contribution >= 4 is 31.9 Å². The number of ether oxygens (including phenoxy) is 3. The number of halogens is 1. The highest BCUT2D eigenvalue weighted by Gasteiger charge is 2.26. The lowest BCUT2D eigenvalue weighted by molar-refractivity contribution is -0.123. The van der Waals surface area contributed by atoms with E-state index in [1.807, 2.05) is 36.4 Å². The first-order valence-corrected chi connectivity index (χ1v) is 13.9. The molecule has 0 fully saturated rings. The summed E-state index contributed by atoms with van der Waals surface area (Å²) in [5.41, 5.74) is 1.73. The number of methoxy groups -OCH3 is 2. The molecule has 1 amide bonds. The Hall–Kier alpha value is -2.74. The molecule has 0 heterocycles. The maximum absolute atomic E-state index is 12.6. The smallest absolute Gasteiger partial charge is 0.238 e. The van der Waals surface area contributed by atoms with Crippen LogP contribution in [0.1, 0.15) is 31.9 Å². The van der Waals surface area contributed by atoms with Crippen LogP contribution < -0.4 is 24.2 Å². The van der Waals surface area contributed by atoms with Gasteiger partial charge in [-0.3, -0.25) is 4.79 Å². The lowest BCUT2D eigenvalue weighted by atomic mass is 10.0. The van der Waals surface area contributed by atoms with Crippen molar-refractivity contribution < 1.29 is 27.4 Å². The average molecular weight is 582 g/mol. The molecule has 0 saturated heterocycles. The van der Waals surface area contributed by atoms with Gasteiger partial charge in [0.25, 0.3) is 0 Å². The number of hydrogen-bond acceptors (Lipinski definition) is 6. The summed E-state index contributed by atoms with van der Waals surface area (Å²) in [5.74, 6) is 6.76. The molecule has 2 rings (SSSR count). The molecule has 8 nitrogen and oxygen atoms in total. The molecule has 0 radical (unpaired) electrons. The summed E-state index contributed by atoms with van der Waals surface area (Å²) in [4.78, 5) is 12.6. The van der Waals surface area contributed by atoms with E-state index < -0.39 is 16.1 Å². The molecule has 0 saturated carbocycles. The highest BCUT2D eigenvalue weighted by atomic mass is 79.9. The van der Waals surface area contributed by atoms with E-state index in [9.17, 15) is 13.2 Å². The fourth-order valence-electron chi connectivity index (χ4n) is 3.21. The number of sulfonamides is 1. The molecule has 1 atom stereocenters. The van der Waals surface area contributed by atoms with Crippen LogP contribution in [0.25, 0.3) is 0 Å². The van der Waals surface area contributed by atoms with Crippen molar-refractivity contribution in [1.29, 1.82) is 0 Å². The number of nitrogens with one attached hydrogen (secondary N) is 2. The molecule has 1 unspecified atom stereocenters. The van der Waals surface area contributed by atoms with Crippen LogP contribution >= 0.6 is 15.9 Å². The molecule has 0 aliphatic rings. The highest BCUT2D eigenvalue weighted by molar-refractivity contribution is 9.10. The van der Waals surface area contributed by atoms with Crippen molar-refractivity contribution in [3.8, 4) is 29.1 Å². The van der Waals surface area contributed by atoms with Crippen molar-refractivity contribution in [3.05, 3.63) is 52.0 Å². The molecule has 2 N–H and O–H groups in total. The van der Waals surface area contributed by atoms with E-state index in [1.165, 1.54) is 21.1 Å². The maximum atomic E-state index is 12.6. The molecule has 0 spiro atoms. The first kappa shape index (κ1) is 29.5. The Bertz CT molecular complexity index is 1160. The van der Waals surface area contributed by atoms with Gasteiger partial charge in [0, 0.05) is 16.6 Å². The highest BCUT2D eigenvalue weighted by Crippen LogP contribution is 2.38. The van der Waals surface area contributed by atoms with E-state index in [4.69, 9.17) is 14.2 Å². The second-order valence-corrected chi connectivity index (χ2v) is 11.2. The van der Waals surface area contributed by atoms with E-state index in [0.717, 1.165) is 15.6 Å². The van der Waals surface area contributed by atoms with Crippen LogP contribution in [0.5, 0.6) is 17.2 Å². The van der Waals surface area contributed by atoms with Crippen LogP contribution in [0.3, 0.4) is 0 Å². The molecule has 0 aliphatic carbocycles. The van der Waals surface area contributed by atoms with Crippen molar-refractivity contribution in [2.45, 2.75) is 33.2 Å². The van der Waals surface area contributed by atoms with Gasteiger partial charge in [-0.2, -0.15) is 0 Å². The largest absolute Gasteiger partial charge is 0.493 e. The van der Waals surface area contributed by atoms with E-state index in [1.54, 1.807) is 13.8 Å². The molecule has 10 heteroatoms. The van der Waals surface area contributed by atoms with Crippen LogP contribution in [0.2, 0.25) is 0 Å². The van der Waals surface area contributed by atoms with Crippen LogP contribution in [0, 0.1) is 17.8 Å². The molecular formula is C26H33BrN2O6S. The molecule has 196 valence electrons. The fourth-order valence-corrected chi connectivity index (χ4v) is 4.41. The van der Waals surface area contributed by atoms with Gasteiger partial charge in [0.1, 0.15) is 12.6 Å². The second kappa shape index (κ2) is 14.1. The number of carbonyl (C=O) groups is 1. The Morgan fingerprint density at radius 2 is 1.69 bits per heavy atom. The Labute approximate surface area is 222 Å². The normalized spacial score (nSPS) is 11.9. The third-order valence-electron chi connectivity index (χ3n) is 5.23. The van der Waals surface area contributed by atoms with Gasteiger partial charge in [-0.25, -0.2) is 13.1 Å². The summed E-state index contributed by atoms with van der Waals surface area (Å²) in [6, 6.07) is 10.4. The third kappa shape index (κ3) is 9.04. The predicted octanol–water partition coefficient (Wildman–Crippen LogP) is 3.52. The maximum Gasteiger partial charge on any atom is 0.238 e. The first-order valence-electron chi connectivity index (χ1n) is 11.5. The summed E-state index contributed by atoms with van der Waals surface area (Å²) in [6.07, 6.45) is 0.480. The lowest BCUT2D eigenvalue weighted by Crippen LogP contribution is -2.50. The van der Waals surface area contributed by atoms with Gasteiger partial charge < -0.3 is 19.5 Å². The summed E-state index contributed by atoms with van der Waals surface area (Å²) < 4.78 is 44.1. The van der Waals surface area contributed by atoms with E-state index in [-0.39, 0.29) is 24.2 Å². The molecular weight excluding hydrogens is 548 g/mol. The molecule has 0 aromatic heterocycles. The Kier molecular flexibility index (Phi) is 11.6. The number of carbonyl (C=O) groups excluding carboxylic acids is 1. The molecule has 36 heavy (non-hydrogen) atoms. The van der Waals surface area contributed by atoms with Gasteiger partial charge >= 0.3 is 0 Å². The molecule has 2 aromatic carbocycles. The van der Waals surface area contributed by atoms with Crippen molar-refractivity contribution in [1.82, 2.24) is 10.0 Å². The predicted molar refractivity (Wildman–Crippen MR) is 144 cm³/mol. The zero-order valence-electron chi connectivity index (χ0n) is 21.2. The Morgan fingerprint density at radius 3 is 2.22 bits per heavy atom. The number of hydrogen-bond donors (Lipinski definition) is 2. The quantitative estimate of drug-likeness (QED) is 0.372. The zero-order chi connectivity index (χ0) is 26.7. The van der Waals surface area contributed by atoms with Crippen LogP contribution in [0.4, 0.5) is 0 Å². The van der Waals surface area contributed by atoms with Crippen molar-refractivity contribution in [2.75, 3.05) is 33.1 Å². The SMILES string of the molecule is CCS(=O)(=O)NC(C(=O)NCCc1cc(OC)c(OCC#Cc2ccc(Br)cc2)c(OC)c1)C(C)C. The molecule has 2 aromatic rings. The minimum absolute atomic E-state index is 0.0900. The number of amides is 1. The third-order valence-corrected chi connectivity index (χ3v) is 7.14. The van der Waals surface area contributed by atoms with Gasteiger partial charge in [-0.1, -0.05) is 41.6 Å². The van der Waals surface area contributed by atoms with Gasteiger partial charge in [-0.05, 0) is 61.2 Å². The minimum atomic E-state index is -3.51. The van der Waals surface area contributed by atoms with Crippen molar-refractivity contribution in [2.24, 2.45) is 5.92 Å². The second-order valence-electron chi connectivity index (χ2n) is 8.21. The first-order chi connectivity index (χ1) is 17.1. The molecule has 0 bridgehead atoms. The Morgan fingerprint density at radius 1 is 1.08 bits per heavy atom. The topological polar surface area (TPSA) is 103 Å². The monoisotopic (exact) mass is 580 g/mol. The minimum Gasteiger partial charge on any atom is -0.493 e. The Balaban J connectivity index is 2.04. The van der Waals surface area contributed by atoms with Gasteiger partial charge in [0.05, 0.1) is 20.0 Å². The standard InChI is InChI=1S/C26H33BrN2O6S/c1-6-36(31,32)29-24(18(2)3)26(30)28-14-13-20-16-22(33-4)25(23(17-20)34-5)35-15-7-8-19-9-11-21(27)12-10-19/h9-12,16-18,24,29H,6,13-15H2,1-5H3,(H,28,30). The summed E-state index contributed by atoms with van der Waals surface area (Å²) in [6.45, 7) is 5.56. The van der Waals surface area contributed by atoms with Crippen LogP contribution in [-0.2, 0) is 21.2 Å². The average Bonchev–Trinajstić information content (AvgIpc) is 2.86. The number of rotatable bonds is 12. The summed E-state index contributed by atoms with van der Waals surface area (Å²) in [5, 5.41) is 2.81. The van der Waals surface area contributed by atoms with Gasteiger partial charge in [-0.15, -0.1) is 0 Å². The fraction of sp³-hybridized carbons (Fsp3) is 0.423. The zero-order valence-corrected chi connectivity index (χ0v) is 23.6. The lowest BCUT2D eigenvalue weighted by Gasteiger charge is -2.21. The van der Waals surface area contributed by atoms with E-state index in [2.05, 4.69) is 37.8 Å². The summed E-state index contributed by atoms with van der Waals surface area (Å²) >= 11 is 3.40. The molecule has 0 aliphatic heterocycles.